The van der Waals surface area contributed by atoms with Crippen LogP contribution in [0.1, 0.15) is 18.4 Å². The quantitative estimate of drug-likeness (QED) is 0.868. The fourth-order valence-electron chi connectivity index (χ4n) is 1.97. The summed E-state index contributed by atoms with van der Waals surface area (Å²) in [6.45, 7) is 1.42. The maximum atomic E-state index is 9.12. The number of anilines is 1. The van der Waals surface area contributed by atoms with Crippen LogP contribution in [0.5, 0.6) is 0 Å². The van der Waals surface area contributed by atoms with Crippen LogP contribution >= 0.6 is 15.9 Å². The van der Waals surface area contributed by atoms with Gasteiger partial charge in [0.2, 0.25) is 0 Å². The minimum absolute atomic E-state index is 0.188. The summed E-state index contributed by atoms with van der Waals surface area (Å²) in [4.78, 5) is 2.27. The minimum Gasteiger partial charge on any atom is -0.395 e. The first-order chi connectivity index (χ1) is 7.76. The van der Waals surface area contributed by atoms with E-state index in [-0.39, 0.29) is 6.61 Å². The predicted octanol–water partition coefficient (Wildman–Crippen LogP) is 1.87. The topological polar surface area (TPSA) is 49.5 Å². The molecule has 0 spiro atoms. The molecule has 0 aromatic heterocycles. The molecule has 0 unspecified atom stereocenters. The van der Waals surface area contributed by atoms with E-state index in [1.165, 1.54) is 12.8 Å². The third kappa shape index (κ3) is 2.56. The zero-order valence-corrected chi connectivity index (χ0v) is 10.8. The largest absolute Gasteiger partial charge is 0.395 e. The first-order valence-electron chi connectivity index (χ1n) is 5.62. The number of halogens is 1. The van der Waals surface area contributed by atoms with Crippen molar-refractivity contribution in [3.8, 4) is 0 Å². The van der Waals surface area contributed by atoms with Crippen molar-refractivity contribution in [1.82, 2.24) is 0 Å². The van der Waals surface area contributed by atoms with E-state index in [9.17, 15) is 0 Å². The summed E-state index contributed by atoms with van der Waals surface area (Å²) >= 11 is 3.48. The Hall–Kier alpha value is -0.580. The Labute approximate surface area is 104 Å². The highest BCUT2D eigenvalue weighted by atomic mass is 79.9. The molecule has 1 aromatic carbocycles. The maximum absolute atomic E-state index is 9.12. The molecule has 2 rings (SSSR count). The van der Waals surface area contributed by atoms with Gasteiger partial charge in [-0.05, 0) is 30.5 Å². The molecule has 16 heavy (non-hydrogen) atoms. The van der Waals surface area contributed by atoms with Crippen LogP contribution in [0.3, 0.4) is 0 Å². The number of benzene rings is 1. The molecule has 0 bridgehead atoms. The van der Waals surface area contributed by atoms with E-state index in [4.69, 9.17) is 10.8 Å². The number of aliphatic hydroxyl groups excluding tert-OH is 1. The van der Waals surface area contributed by atoms with Gasteiger partial charge in [-0.3, -0.25) is 0 Å². The van der Waals surface area contributed by atoms with Gasteiger partial charge in [0.1, 0.15) is 0 Å². The van der Waals surface area contributed by atoms with E-state index in [0.29, 0.717) is 19.1 Å². The Morgan fingerprint density at radius 1 is 1.44 bits per heavy atom. The fraction of sp³-hybridized carbons (Fsp3) is 0.500. The highest BCUT2D eigenvalue weighted by molar-refractivity contribution is 9.10. The molecule has 0 atom stereocenters. The summed E-state index contributed by atoms with van der Waals surface area (Å²) in [6, 6.07) is 6.74. The highest BCUT2D eigenvalue weighted by Crippen LogP contribution is 2.34. The molecule has 0 heterocycles. The summed E-state index contributed by atoms with van der Waals surface area (Å²) < 4.78 is 1.06. The van der Waals surface area contributed by atoms with Crippen molar-refractivity contribution in [3.05, 3.63) is 28.2 Å². The van der Waals surface area contributed by atoms with Crippen molar-refractivity contribution in [3.63, 3.8) is 0 Å². The Kier molecular flexibility index (Phi) is 3.84. The molecule has 1 aliphatic rings. The number of nitrogens with zero attached hydrogens (tertiary/aromatic N) is 1. The third-order valence-electron chi connectivity index (χ3n) is 2.91. The molecular weight excluding hydrogens is 268 g/mol. The molecule has 88 valence electrons. The molecule has 1 aromatic rings. The van der Waals surface area contributed by atoms with Crippen LogP contribution in [0.15, 0.2) is 22.7 Å². The number of hydrogen-bond acceptors (Lipinski definition) is 3. The van der Waals surface area contributed by atoms with E-state index < -0.39 is 0 Å². The zero-order valence-electron chi connectivity index (χ0n) is 9.19. The van der Waals surface area contributed by atoms with E-state index in [1.54, 1.807) is 0 Å². The first-order valence-corrected chi connectivity index (χ1v) is 6.41. The van der Waals surface area contributed by atoms with Crippen LogP contribution in [0.25, 0.3) is 0 Å². The maximum Gasteiger partial charge on any atom is 0.0606 e. The van der Waals surface area contributed by atoms with Crippen LogP contribution in [0.2, 0.25) is 0 Å². The first kappa shape index (κ1) is 11.9. The molecular formula is C12H17BrN2O. The lowest BCUT2D eigenvalue weighted by Crippen LogP contribution is -2.30. The van der Waals surface area contributed by atoms with Gasteiger partial charge in [0.05, 0.1) is 6.61 Å². The van der Waals surface area contributed by atoms with Gasteiger partial charge in [0.25, 0.3) is 0 Å². The summed E-state index contributed by atoms with van der Waals surface area (Å²) in [5.74, 6) is 0. The Morgan fingerprint density at radius 2 is 2.19 bits per heavy atom. The van der Waals surface area contributed by atoms with Crippen molar-refractivity contribution < 1.29 is 5.11 Å². The van der Waals surface area contributed by atoms with Crippen molar-refractivity contribution >= 4 is 21.6 Å². The smallest absolute Gasteiger partial charge is 0.0606 e. The van der Waals surface area contributed by atoms with Crippen molar-refractivity contribution in [1.29, 1.82) is 0 Å². The van der Waals surface area contributed by atoms with Crippen molar-refractivity contribution in [2.24, 2.45) is 5.73 Å². The van der Waals surface area contributed by atoms with Crippen LogP contribution in [0.4, 0.5) is 5.69 Å². The second-order valence-electron chi connectivity index (χ2n) is 4.13. The van der Waals surface area contributed by atoms with Crippen molar-refractivity contribution in [2.45, 2.75) is 25.4 Å². The van der Waals surface area contributed by atoms with E-state index in [2.05, 4.69) is 26.9 Å². The van der Waals surface area contributed by atoms with Crippen LogP contribution in [-0.4, -0.2) is 24.3 Å². The lowest BCUT2D eigenvalue weighted by Gasteiger charge is -2.26. The monoisotopic (exact) mass is 284 g/mol. The van der Waals surface area contributed by atoms with Gasteiger partial charge in [-0.15, -0.1) is 0 Å². The molecule has 1 aliphatic carbocycles. The molecule has 3 nitrogen and oxygen atoms in total. The Bertz CT molecular complexity index is 366. The average molecular weight is 285 g/mol. The van der Waals surface area contributed by atoms with Gasteiger partial charge in [-0.25, -0.2) is 0 Å². The molecule has 0 saturated heterocycles. The third-order valence-corrected chi connectivity index (χ3v) is 3.40. The van der Waals surface area contributed by atoms with Gasteiger partial charge in [-0.1, -0.05) is 22.0 Å². The average Bonchev–Trinajstić information content (AvgIpc) is 3.10. The molecule has 3 N–H and O–H groups in total. The standard InChI is InChI=1S/C12H17BrN2O/c13-10-2-1-9(8-14)12(7-10)15(5-6-16)11-3-4-11/h1-2,7,11,16H,3-6,8,14H2. The number of rotatable bonds is 5. The molecule has 4 heteroatoms. The van der Waals surface area contributed by atoms with Gasteiger partial charge in [-0.2, -0.15) is 0 Å². The lowest BCUT2D eigenvalue weighted by molar-refractivity contribution is 0.301. The Balaban J connectivity index is 2.30. The molecule has 0 amide bonds. The summed E-state index contributed by atoms with van der Waals surface area (Å²) in [7, 11) is 0. The second kappa shape index (κ2) is 5.17. The number of nitrogens with two attached hydrogens (primary N) is 1. The zero-order chi connectivity index (χ0) is 11.5. The number of hydrogen-bond donors (Lipinski definition) is 2. The summed E-state index contributed by atoms with van der Waals surface area (Å²) in [5, 5.41) is 9.12. The number of aliphatic hydroxyl groups is 1. The normalized spacial score (nSPS) is 15.2. The van der Waals surface area contributed by atoms with Crippen molar-refractivity contribution in [2.75, 3.05) is 18.1 Å². The van der Waals surface area contributed by atoms with Crippen LogP contribution < -0.4 is 10.6 Å². The molecule has 0 aliphatic heterocycles. The van der Waals surface area contributed by atoms with E-state index in [1.807, 2.05) is 12.1 Å². The fourth-order valence-corrected chi connectivity index (χ4v) is 2.32. The summed E-state index contributed by atoms with van der Waals surface area (Å²) in [5.41, 5.74) is 8.05. The predicted molar refractivity (Wildman–Crippen MR) is 69.5 cm³/mol. The van der Waals surface area contributed by atoms with Crippen LogP contribution in [0, 0.1) is 0 Å². The highest BCUT2D eigenvalue weighted by Gasteiger charge is 2.29. The van der Waals surface area contributed by atoms with Gasteiger partial charge >= 0.3 is 0 Å². The van der Waals surface area contributed by atoms with E-state index in [0.717, 1.165) is 15.7 Å². The SMILES string of the molecule is NCc1ccc(Br)cc1N(CCO)C1CC1. The van der Waals surface area contributed by atoms with E-state index >= 15 is 0 Å². The second-order valence-corrected chi connectivity index (χ2v) is 5.04. The van der Waals surface area contributed by atoms with Gasteiger partial charge < -0.3 is 15.7 Å². The summed E-state index contributed by atoms with van der Waals surface area (Å²) in [6.07, 6.45) is 2.44. The molecule has 0 radical (unpaired) electrons. The van der Waals surface area contributed by atoms with Gasteiger partial charge in [0, 0.05) is 29.3 Å². The van der Waals surface area contributed by atoms with Gasteiger partial charge in [0.15, 0.2) is 0 Å². The lowest BCUT2D eigenvalue weighted by atomic mass is 10.1. The minimum atomic E-state index is 0.188. The molecule has 1 saturated carbocycles. The molecule has 1 fully saturated rings. The van der Waals surface area contributed by atoms with Crippen LogP contribution in [-0.2, 0) is 6.54 Å². The Morgan fingerprint density at radius 3 is 2.75 bits per heavy atom.